The molecular weight excluding hydrogens is 360 g/mol. The van der Waals surface area contributed by atoms with Crippen LogP contribution < -0.4 is 10.6 Å². The minimum absolute atomic E-state index is 0.0880. The third-order valence-corrected chi connectivity index (χ3v) is 4.57. The van der Waals surface area contributed by atoms with Gasteiger partial charge in [-0.15, -0.1) is 0 Å². The van der Waals surface area contributed by atoms with Gasteiger partial charge in [-0.3, -0.25) is 9.59 Å². The van der Waals surface area contributed by atoms with E-state index >= 15 is 0 Å². The summed E-state index contributed by atoms with van der Waals surface area (Å²) in [4.78, 5) is 24.5. The average Bonchev–Trinajstić information content (AvgIpc) is 2.74. The molecule has 0 radical (unpaired) electrons. The molecule has 29 heavy (non-hydrogen) atoms. The summed E-state index contributed by atoms with van der Waals surface area (Å²) in [6, 6.07) is 24.5. The Morgan fingerprint density at radius 1 is 0.862 bits per heavy atom. The highest BCUT2D eigenvalue weighted by atomic mass is 16.2. The van der Waals surface area contributed by atoms with Gasteiger partial charge >= 0.3 is 0 Å². The van der Waals surface area contributed by atoms with Gasteiger partial charge in [0, 0.05) is 17.3 Å². The molecule has 0 fully saturated rings. The molecule has 0 aliphatic carbocycles. The molecule has 1 atom stereocenters. The molecule has 3 rings (SSSR count). The fourth-order valence-electron chi connectivity index (χ4n) is 2.84. The third kappa shape index (κ3) is 5.91. The van der Waals surface area contributed by atoms with Crippen molar-refractivity contribution in [3.05, 3.63) is 107 Å². The van der Waals surface area contributed by atoms with Crippen molar-refractivity contribution in [3.63, 3.8) is 0 Å². The minimum Gasteiger partial charge on any atom is -0.346 e. The van der Waals surface area contributed by atoms with E-state index in [9.17, 15) is 9.59 Å². The molecule has 0 bridgehead atoms. The Morgan fingerprint density at radius 2 is 1.52 bits per heavy atom. The molecule has 1 unspecified atom stereocenters. The normalized spacial score (nSPS) is 11.8. The van der Waals surface area contributed by atoms with Gasteiger partial charge in [-0.2, -0.15) is 0 Å². The second-order valence-corrected chi connectivity index (χ2v) is 6.92. The van der Waals surface area contributed by atoms with Crippen molar-refractivity contribution >= 4 is 23.6 Å². The number of hydrogen-bond acceptors (Lipinski definition) is 2. The van der Waals surface area contributed by atoms with Crippen LogP contribution in [0.4, 0.5) is 5.69 Å². The maximum Gasteiger partial charge on any atom is 0.251 e. The molecule has 0 saturated carbocycles. The summed E-state index contributed by atoms with van der Waals surface area (Å²) in [5, 5.41) is 5.78. The van der Waals surface area contributed by atoms with Crippen molar-refractivity contribution in [2.24, 2.45) is 0 Å². The fourth-order valence-corrected chi connectivity index (χ4v) is 2.84. The number of nitrogens with one attached hydrogen (secondary N) is 2. The number of carbonyl (C=O) groups excluding carboxylic acids is 2. The van der Waals surface area contributed by atoms with Gasteiger partial charge in [-0.05, 0) is 55.3 Å². The summed E-state index contributed by atoms with van der Waals surface area (Å²) in [6.45, 7) is 3.97. The molecule has 0 aliphatic heterocycles. The van der Waals surface area contributed by atoms with Gasteiger partial charge in [0.1, 0.15) is 0 Å². The topological polar surface area (TPSA) is 58.2 Å². The average molecular weight is 384 g/mol. The summed E-state index contributed by atoms with van der Waals surface area (Å²) in [6.07, 6.45) is 3.26. The molecule has 0 spiro atoms. The molecule has 2 N–H and O–H groups in total. The predicted octanol–water partition coefficient (Wildman–Crippen LogP) is 5.14. The van der Waals surface area contributed by atoms with Crippen LogP contribution in [0, 0.1) is 6.92 Å². The predicted molar refractivity (Wildman–Crippen MR) is 118 cm³/mol. The van der Waals surface area contributed by atoms with Crippen LogP contribution in [-0.4, -0.2) is 11.8 Å². The zero-order valence-corrected chi connectivity index (χ0v) is 16.6. The lowest BCUT2D eigenvalue weighted by Crippen LogP contribution is -2.26. The highest BCUT2D eigenvalue weighted by molar-refractivity contribution is 6.02. The van der Waals surface area contributed by atoms with E-state index in [4.69, 9.17) is 0 Å². The Bertz CT molecular complexity index is 991. The minimum atomic E-state index is -0.222. The van der Waals surface area contributed by atoms with Gasteiger partial charge in [0.2, 0.25) is 5.91 Å². The summed E-state index contributed by atoms with van der Waals surface area (Å²) in [5.41, 5.74) is 4.36. The number of benzene rings is 3. The summed E-state index contributed by atoms with van der Waals surface area (Å²) < 4.78 is 0. The van der Waals surface area contributed by atoms with Crippen molar-refractivity contribution in [2.75, 3.05) is 5.32 Å². The Kier molecular flexibility index (Phi) is 6.59. The SMILES string of the molecule is Cc1ccc(/C=C/C(=O)Nc2ccc(C(=O)NC(C)c3ccccc3)cc2)cc1. The van der Waals surface area contributed by atoms with Crippen LogP contribution in [-0.2, 0) is 4.79 Å². The van der Waals surface area contributed by atoms with Crippen LogP contribution in [0.3, 0.4) is 0 Å². The third-order valence-electron chi connectivity index (χ3n) is 4.57. The molecule has 146 valence electrons. The zero-order valence-electron chi connectivity index (χ0n) is 16.6. The number of hydrogen-bond donors (Lipinski definition) is 2. The van der Waals surface area contributed by atoms with E-state index in [1.807, 2.05) is 68.4 Å². The first-order chi connectivity index (χ1) is 14.0. The Morgan fingerprint density at radius 3 is 2.17 bits per heavy atom. The molecule has 0 aromatic heterocycles. The van der Waals surface area contributed by atoms with E-state index in [-0.39, 0.29) is 17.9 Å². The maximum absolute atomic E-state index is 12.4. The first kappa shape index (κ1) is 20.1. The standard InChI is InChI=1S/C25H24N2O2/c1-18-8-10-20(11-9-18)12-17-24(28)27-23-15-13-22(14-16-23)25(29)26-19(2)21-6-4-3-5-7-21/h3-17,19H,1-2H3,(H,26,29)(H,27,28)/b17-12+. The van der Waals surface area contributed by atoms with E-state index in [0.717, 1.165) is 11.1 Å². The molecule has 2 amide bonds. The Labute approximate surface area is 171 Å². The Hall–Kier alpha value is -3.66. The molecule has 4 nitrogen and oxygen atoms in total. The molecule has 4 heteroatoms. The number of aryl methyl sites for hydroxylation is 1. The maximum atomic E-state index is 12.4. The molecule has 3 aromatic carbocycles. The molecule has 3 aromatic rings. The van der Waals surface area contributed by atoms with Gasteiger partial charge in [-0.25, -0.2) is 0 Å². The van der Waals surface area contributed by atoms with Gasteiger partial charge in [0.05, 0.1) is 6.04 Å². The molecule has 0 aliphatic rings. The van der Waals surface area contributed by atoms with E-state index in [1.54, 1.807) is 30.3 Å². The van der Waals surface area contributed by atoms with E-state index < -0.39 is 0 Å². The van der Waals surface area contributed by atoms with Crippen molar-refractivity contribution < 1.29 is 9.59 Å². The van der Waals surface area contributed by atoms with Crippen LogP contribution in [0.5, 0.6) is 0 Å². The smallest absolute Gasteiger partial charge is 0.251 e. The van der Waals surface area contributed by atoms with Gasteiger partial charge in [0.15, 0.2) is 0 Å². The lowest BCUT2D eigenvalue weighted by atomic mass is 10.1. The van der Waals surface area contributed by atoms with E-state index in [2.05, 4.69) is 10.6 Å². The summed E-state index contributed by atoms with van der Waals surface area (Å²) in [5.74, 6) is -0.376. The summed E-state index contributed by atoms with van der Waals surface area (Å²) >= 11 is 0. The van der Waals surface area contributed by atoms with Crippen LogP contribution in [0.1, 0.15) is 40.0 Å². The van der Waals surface area contributed by atoms with Crippen molar-refractivity contribution in [1.29, 1.82) is 0 Å². The van der Waals surface area contributed by atoms with E-state index in [1.165, 1.54) is 11.6 Å². The Balaban J connectivity index is 1.56. The lowest BCUT2D eigenvalue weighted by molar-refractivity contribution is -0.111. The van der Waals surface area contributed by atoms with Crippen molar-refractivity contribution in [1.82, 2.24) is 5.32 Å². The van der Waals surface area contributed by atoms with Crippen molar-refractivity contribution in [2.45, 2.75) is 19.9 Å². The van der Waals surface area contributed by atoms with E-state index in [0.29, 0.717) is 11.3 Å². The highest BCUT2D eigenvalue weighted by Gasteiger charge is 2.11. The summed E-state index contributed by atoms with van der Waals surface area (Å²) in [7, 11) is 0. The number of anilines is 1. The van der Waals surface area contributed by atoms with Crippen LogP contribution in [0.2, 0.25) is 0 Å². The second kappa shape index (κ2) is 9.51. The van der Waals surface area contributed by atoms with Crippen LogP contribution >= 0.6 is 0 Å². The first-order valence-corrected chi connectivity index (χ1v) is 9.53. The second-order valence-electron chi connectivity index (χ2n) is 6.92. The molecule has 0 heterocycles. The monoisotopic (exact) mass is 384 g/mol. The lowest BCUT2D eigenvalue weighted by Gasteiger charge is -2.14. The van der Waals surface area contributed by atoms with Crippen LogP contribution in [0.25, 0.3) is 6.08 Å². The molecule has 0 saturated heterocycles. The largest absolute Gasteiger partial charge is 0.346 e. The molecular formula is C25H24N2O2. The zero-order chi connectivity index (χ0) is 20.6. The van der Waals surface area contributed by atoms with Gasteiger partial charge in [-0.1, -0.05) is 60.2 Å². The number of amides is 2. The fraction of sp³-hybridized carbons (Fsp3) is 0.120. The van der Waals surface area contributed by atoms with Crippen molar-refractivity contribution in [3.8, 4) is 0 Å². The van der Waals surface area contributed by atoms with Crippen LogP contribution in [0.15, 0.2) is 84.9 Å². The number of carbonyl (C=O) groups is 2. The quantitative estimate of drug-likeness (QED) is 0.578. The number of rotatable bonds is 6. The first-order valence-electron chi connectivity index (χ1n) is 9.53. The highest BCUT2D eigenvalue weighted by Crippen LogP contribution is 2.14. The van der Waals surface area contributed by atoms with Gasteiger partial charge in [0.25, 0.3) is 5.91 Å². The van der Waals surface area contributed by atoms with Gasteiger partial charge < -0.3 is 10.6 Å².